The Labute approximate surface area is 352 Å². The number of ketones is 1. The number of likely N-dealkylation sites (tertiary alicyclic amines) is 1. The molecule has 2 aromatic heterocycles. The molecule has 9 rings (SSSR count). The Hall–Kier alpha value is -5.46. The van der Waals surface area contributed by atoms with Crippen LogP contribution in [0.2, 0.25) is 0 Å². The Morgan fingerprint density at radius 3 is 2.41 bits per heavy atom. The summed E-state index contributed by atoms with van der Waals surface area (Å²) in [5, 5.41) is 11.9. The Bertz CT molecular complexity index is 2500. The summed E-state index contributed by atoms with van der Waals surface area (Å²) < 4.78 is 65.7. The fourth-order valence-electron chi connectivity index (χ4n) is 9.24. The minimum Gasteiger partial charge on any atom is -0.573 e. The van der Waals surface area contributed by atoms with E-state index in [0.717, 1.165) is 55.2 Å². The fraction of sp³-hybridized carbons (Fsp3) is 0.364. The van der Waals surface area contributed by atoms with Gasteiger partial charge in [0.2, 0.25) is 5.78 Å². The summed E-state index contributed by atoms with van der Waals surface area (Å²) in [6.07, 6.45) is 3.92. The maximum absolute atomic E-state index is 15.7. The van der Waals surface area contributed by atoms with Crippen LogP contribution in [0.15, 0.2) is 73.1 Å². The lowest BCUT2D eigenvalue weighted by Gasteiger charge is -2.62. The first-order chi connectivity index (χ1) is 29.3. The van der Waals surface area contributed by atoms with Crippen molar-refractivity contribution < 1.29 is 42.0 Å². The van der Waals surface area contributed by atoms with Gasteiger partial charge in [0.1, 0.15) is 23.3 Å². The van der Waals surface area contributed by atoms with E-state index in [1.165, 1.54) is 17.6 Å². The molecule has 1 spiro atoms. The number of aliphatic hydroxyl groups is 1. The van der Waals surface area contributed by atoms with E-state index in [1.807, 2.05) is 30.3 Å². The number of methoxy groups -OCH3 is 1. The van der Waals surface area contributed by atoms with E-state index in [9.17, 15) is 28.4 Å². The number of aromatic nitrogens is 2. The van der Waals surface area contributed by atoms with Crippen LogP contribution in [0.5, 0.6) is 0 Å². The van der Waals surface area contributed by atoms with Gasteiger partial charge >= 0.3 is 5.97 Å². The molecule has 17 heteroatoms. The van der Waals surface area contributed by atoms with E-state index in [2.05, 4.69) is 29.4 Å². The van der Waals surface area contributed by atoms with Crippen molar-refractivity contribution in [3.63, 3.8) is 0 Å². The van der Waals surface area contributed by atoms with Gasteiger partial charge < -0.3 is 29.2 Å². The van der Waals surface area contributed by atoms with E-state index < -0.39 is 52.3 Å². The summed E-state index contributed by atoms with van der Waals surface area (Å²) in [5.74, 6) is -3.74. The molecule has 4 saturated heterocycles. The average molecular weight is 856 g/mol. The number of hydrogen-bond donors (Lipinski definition) is 3. The Morgan fingerprint density at radius 1 is 0.984 bits per heavy atom. The number of esters is 1. The smallest absolute Gasteiger partial charge is 0.338 e. The predicted molar refractivity (Wildman–Crippen MR) is 225 cm³/mol. The number of benzene rings is 3. The molecule has 3 aromatic carbocycles. The number of β-amino-alcohol motifs (C(OH)–C–C–N with tert-alkyl or cyclic N) is 1. The second-order valence-electron chi connectivity index (χ2n) is 16.7. The van der Waals surface area contributed by atoms with E-state index in [0.29, 0.717) is 55.4 Å². The number of H-pyrrole nitrogens is 1. The van der Waals surface area contributed by atoms with E-state index in [-0.39, 0.29) is 47.3 Å². The number of nitrogens with zero attached hydrogens (tertiary/aromatic N) is 5. The largest absolute Gasteiger partial charge is 0.573 e. The second kappa shape index (κ2) is 16.1. The quantitative estimate of drug-likeness (QED) is 0.0626. The molecule has 0 radical (unpaired) electrons. The van der Waals surface area contributed by atoms with E-state index in [1.54, 1.807) is 24.4 Å². The number of aromatic amines is 1. The molecule has 13 nitrogen and oxygen atoms in total. The molecule has 0 amide bonds. The number of alkyl halides is 1. The number of nitrogens with one attached hydrogen (secondary N) is 2. The van der Waals surface area contributed by atoms with Crippen molar-refractivity contribution in [3.8, 4) is 11.1 Å². The van der Waals surface area contributed by atoms with Crippen molar-refractivity contribution in [1.29, 1.82) is 0 Å². The van der Waals surface area contributed by atoms with E-state index in [4.69, 9.17) is 4.74 Å². The number of rotatable bonds is 12. The summed E-state index contributed by atoms with van der Waals surface area (Å²) in [6.45, 7) is 5.59. The van der Waals surface area contributed by atoms with Crippen LogP contribution in [0.1, 0.15) is 55.9 Å². The number of aldehydes is 1. The van der Waals surface area contributed by atoms with Crippen LogP contribution in [-0.2, 0) is 16.3 Å². The molecule has 0 aliphatic carbocycles. The lowest BCUT2D eigenvalue weighted by atomic mass is 9.71. The molecule has 0 saturated carbocycles. The minimum absolute atomic E-state index is 0.0213. The summed E-state index contributed by atoms with van der Waals surface area (Å²) in [6, 6.07) is 16.9. The van der Waals surface area contributed by atoms with Gasteiger partial charge in [0.05, 0.1) is 30.4 Å². The SMILES string of the molecule is COC(=O)c1ccc(N2CCC(O)(CN3CC4(C3)CN(c3ccc(-c5cnc6[nH]cc(C(=O)c7c(F)ccc(N[S+]([O-])N8CCC(F)C8)c7F)c6c5)cc3)C4)CC2)cc1C=O. The highest BCUT2D eigenvalue weighted by molar-refractivity contribution is 7.90. The van der Waals surface area contributed by atoms with Gasteiger partial charge in [-0.2, -0.15) is 4.72 Å². The predicted octanol–water partition coefficient (Wildman–Crippen LogP) is 5.53. The van der Waals surface area contributed by atoms with Gasteiger partial charge in [-0.1, -0.05) is 12.1 Å². The van der Waals surface area contributed by atoms with Gasteiger partial charge in [-0.25, -0.2) is 22.9 Å². The van der Waals surface area contributed by atoms with Crippen LogP contribution in [0, 0.1) is 17.0 Å². The van der Waals surface area contributed by atoms with Crippen LogP contribution in [0.3, 0.4) is 0 Å². The van der Waals surface area contributed by atoms with Crippen molar-refractivity contribution >= 4 is 57.7 Å². The van der Waals surface area contributed by atoms with Gasteiger partial charge in [-0.3, -0.25) is 14.5 Å². The lowest BCUT2D eigenvalue weighted by molar-refractivity contribution is -0.0864. The van der Waals surface area contributed by atoms with Gasteiger partial charge in [0.25, 0.3) is 0 Å². The monoisotopic (exact) mass is 855 g/mol. The minimum atomic E-state index is -1.98. The third-order valence-electron chi connectivity index (χ3n) is 12.5. The molecule has 0 bridgehead atoms. The maximum atomic E-state index is 15.7. The molecule has 2 unspecified atom stereocenters. The molecule has 3 N–H and O–H groups in total. The fourth-order valence-corrected chi connectivity index (χ4v) is 10.3. The lowest BCUT2D eigenvalue weighted by Crippen LogP contribution is -2.73. The Morgan fingerprint density at radius 2 is 1.72 bits per heavy atom. The summed E-state index contributed by atoms with van der Waals surface area (Å²) in [4.78, 5) is 51.5. The third-order valence-corrected chi connectivity index (χ3v) is 13.7. The number of piperidine rings is 1. The zero-order chi connectivity index (χ0) is 42.6. The number of pyridine rings is 1. The number of halogens is 3. The molecule has 4 aliphatic rings. The topological polar surface area (TPSA) is 157 Å². The van der Waals surface area contributed by atoms with E-state index >= 15 is 8.78 Å². The molecular weight excluding hydrogens is 812 g/mol. The maximum Gasteiger partial charge on any atom is 0.338 e. The van der Waals surface area contributed by atoms with Gasteiger partial charge in [0, 0.05) is 104 Å². The Kier molecular flexibility index (Phi) is 10.8. The molecule has 4 aliphatic heterocycles. The number of hydrogen-bond acceptors (Lipinski definition) is 12. The summed E-state index contributed by atoms with van der Waals surface area (Å²) in [7, 11) is 1.28. The van der Waals surface area contributed by atoms with Crippen LogP contribution >= 0.6 is 0 Å². The molecular formula is C44H44F3N7O6S. The van der Waals surface area contributed by atoms with Crippen LogP contribution in [-0.4, -0.2) is 125 Å². The zero-order valence-corrected chi connectivity index (χ0v) is 34.2. The molecule has 6 heterocycles. The van der Waals surface area contributed by atoms with Crippen LogP contribution < -0.4 is 14.5 Å². The Balaban J connectivity index is 0.795. The van der Waals surface area contributed by atoms with Gasteiger partial charge in [0.15, 0.2) is 23.7 Å². The molecule has 2 atom stereocenters. The first-order valence-electron chi connectivity index (χ1n) is 20.1. The van der Waals surface area contributed by atoms with Gasteiger partial charge in [-0.05, 0) is 73.4 Å². The summed E-state index contributed by atoms with van der Waals surface area (Å²) in [5.41, 5.74) is 2.56. The van der Waals surface area contributed by atoms with Crippen molar-refractivity contribution in [2.75, 3.05) is 80.5 Å². The van der Waals surface area contributed by atoms with Crippen molar-refractivity contribution in [1.82, 2.24) is 19.2 Å². The van der Waals surface area contributed by atoms with Crippen LogP contribution in [0.25, 0.3) is 22.2 Å². The second-order valence-corrected chi connectivity index (χ2v) is 17.9. The molecule has 5 aromatic rings. The zero-order valence-electron chi connectivity index (χ0n) is 33.3. The first-order valence-corrected chi connectivity index (χ1v) is 21.3. The van der Waals surface area contributed by atoms with Crippen molar-refractivity contribution in [2.24, 2.45) is 5.41 Å². The number of anilines is 3. The van der Waals surface area contributed by atoms with Crippen molar-refractivity contribution in [3.05, 3.63) is 107 Å². The van der Waals surface area contributed by atoms with Crippen LogP contribution in [0.4, 0.5) is 30.2 Å². The highest BCUT2D eigenvalue weighted by Gasteiger charge is 2.53. The molecule has 61 heavy (non-hydrogen) atoms. The molecule has 318 valence electrons. The highest BCUT2D eigenvalue weighted by atomic mass is 32.2. The number of fused-ring (bicyclic) bond motifs is 1. The summed E-state index contributed by atoms with van der Waals surface area (Å²) >= 11 is -1.98. The molecule has 4 fully saturated rings. The number of carbonyl (C=O) groups is 3. The average Bonchev–Trinajstić information content (AvgIpc) is 3.88. The normalized spacial score (nSPS) is 20.3. The van der Waals surface area contributed by atoms with Gasteiger partial charge in [-0.15, -0.1) is 4.31 Å². The number of ether oxygens (including phenoxy) is 1. The third kappa shape index (κ3) is 7.84. The first kappa shape index (κ1) is 40.9. The van der Waals surface area contributed by atoms with Crippen molar-refractivity contribution in [2.45, 2.75) is 31.0 Å². The number of carbonyl (C=O) groups excluding carboxylic acids is 3. The standard InChI is InChI=1S/C44H44F3N7O6S/c1-60-42(57)33-7-6-32(16-29(33)21-55)52-14-11-44(58,12-15-52)26-51-22-43(23-51)24-53(25-43)31-4-2-27(3-5-31)28-17-34-35(19-49-41(34)48-18-28)40(56)38-36(46)8-9-37(39(38)47)50-61(59)54-13-10-30(45)20-54/h2-9,16-19,21,30,50,58H,10-15,20,22-26H2,1H3,(H,48,49). The highest BCUT2D eigenvalue weighted by Crippen LogP contribution is 2.43.